The standard InChI is InChI=1S/C12H11BrClNO/c1-8(12-3-2-6-16-12)15-11-7-9(14)4-5-10(11)13/h2-8,15H,1H3. The molecule has 0 bridgehead atoms. The normalized spacial score (nSPS) is 12.4. The van der Waals surface area contributed by atoms with Crippen molar-refractivity contribution in [3.8, 4) is 0 Å². The summed E-state index contributed by atoms with van der Waals surface area (Å²) in [7, 11) is 0. The van der Waals surface area contributed by atoms with Crippen LogP contribution in [0.25, 0.3) is 0 Å². The van der Waals surface area contributed by atoms with E-state index in [4.69, 9.17) is 16.0 Å². The molecule has 1 atom stereocenters. The zero-order valence-electron chi connectivity index (χ0n) is 8.71. The third-order valence-electron chi connectivity index (χ3n) is 2.27. The minimum atomic E-state index is 0.102. The largest absolute Gasteiger partial charge is 0.467 e. The van der Waals surface area contributed by atoms with Crippen LogP contribution < -0.4 is 5.32 Å². The average molecular weight is 301 g/mol. The van der Waals surface area contributed by atoms with Crippen molar-refractivity contribution in [2.45, 2.75) is 13.0 Å². The summed E-state index contributed by atoms with van der Waals surface area (Å²) in [6.07, 6.45) is 1.67. The van der Waals surface area contributed by atoms with E-state index in [-0.39, 0.29) is 6.04 Å². The first-order chi connectivity index (χ1) is 7.66. The lowest BCUT2D eigenvalue weighted by Gasteiger charge is -2.14. The van der Waals surface area contributed by atoms with E-state index in [1.807, 2.05) is 37.3 Å². The zero-order valence-corrected chi connectivity index (χ0v) is 11.0. The minimum Gasteiger partial charge on any atom is -0.467 e. The van der Waals surface area contributed by atoms with Crippen molar-refractivity contribution in [1.29, 1.82) is 0 Å². The summed E-state index contributed by atoms with van der Waals surface area (Å²) in [5, 5.41) is 4.03. The summed E-state index contributed by atoms with van der Waals surface area (Å²) < 4.78 is 6.31. The molecule has 84 valence electrons. The molecule has 4 heteroatoms. The smallest absolute Gasteiger partial charge is 0.125 e. The number of nitrogens with one attached hydrogen (secondary N) is 1. The Bertz CT molecular complexity index is 470. The van der Waals surface area contributed by atoms with Gasteiger partial charge in [0, 0.05) is 9.50 Å². The topological polar surface area (TPSA) is 25.2 Å². The summed E-state index contributed by atoms with van der Waals surface area (Å²) in [5.41, 5.74) is 0.955. The Morgan fingerprint density at radius 3 is 2.88 bits per heavy atom. The fraction of sp³-hybridized carbons (Fsp3) is 0.167. The van der Waals surface area contributed by atoms with Crippen LogP contribution in [0.1, 0.15) is 18.7 Å². The van der Waals surface area contributed by atoms with Crippen molar-refractivity contribution >= 4 is 33.2 Å². The Labute approximate surface area is 108 Å². The third-order valence-corrected chi connectivity index (χ3v) is 3.20. The van der Waals surface area contributed by atoms with E-state index in [9.17, 15) is 0 Å². The first-order valence-corrected chi connectivity index (χ1v) is 6.09. The number of rotatable bonds is 3. The lowest BCUT2D eigenvalue weighted by Crippen LogP contribution is -2.05. The van der Waals surface area contributed by atoms with Gasteiger partial charge in [-0.3, -0.25) is 0 Å². The van der Waals surface area contributed by atoms with Crippen LogP contribution in [-0.2, 0) is 0 Å². The quantitative estimate of drug-likeness (QED) is 0.875. The second-order valence-corrected chi connectivity index (χ2v) is 4.80. The van der Waals surface area contributed by atoms with E-state index in [0.717, 1.165) is 15.9 Å². The van der Waals surface area contributed by atoms with Gasteiger partial charge in [0.05, 0.1) is 18.0 Å². The van der Waals surface area contributed by atoms with Crippen LogP contribution in [-0.4, -0.2) is 0 Å². The molecule has 0 spiro atoms. The molecule has 0 amide bonds. The number of benzene rings is 1. The molecule has 0 aliphatic carbocycles. The maximum Gasteiger partial charge on any atom is 0.125 e. The van der Waals surface area contributed by atoms with Crippen molar-refractivity contribution < 1.29 is 4.42 Å². The highest BCUT2D eigenvalue weighted by molar-refractivity contribution is 9.10. The van der Waals surface area contributed by atoms with Gasteiger partial charge in [0.15, 0.2) is 0 Å². The van der Waals surface area contributed by atoms with E-state index in [0.29, 0.717) is 5.02 Å². The summed E-state index contributed by atoms with van der Waals surface area (Å²) in [6, 6.07) is 9.56. The molecule has 2 aromatic rings. The summed E-state index contributed by atoms with van der Waals surface area (Å²) in [4.78, 5) is 0. The molecule has 0 saturated heterocycles. The summed E-state index contributed by atoms with van der Waals surface area (Å²) >= 11 is 9.41. The molecule has 0 aliphatic rings. The van der Waals surface area contributed by atoms with Crippen molar-refractivity contribution in [3.63, 3.8) is 0 Å². The van der Waals surface area contributed by atoms with Crippen molar-refractivity contribution in [1.82, 2.24) is 0 Å². The lowest BCUT2D eigenvalue weighted by atomic mass is 10.2. The van der Waals surface area contributed by atoms with Gasteiger partial charge < -0.3 is 9.73 Å². The maximum atomic E-state index is 5.94. The van der Waals surface area contributed by atoms with E-state index >= 15 is 0 Å². The number of hydrogen-bond donors (Lipinski definition) is 1. The molecule has 2 rings (SSSR count). The maximum absolute atomic E-state index is 5.94. The molecule has 1 unspecified atom stereocenters. The van der Waals surface area contributed by atoms with Gasteiger partial charge in [-0.1, -0.05) is 11.6 Å². The first kappa shape index (κ1) is 11.6. The van der Waals surface area contributed by atoms with Crippen LogP contribution >= 0.6 is 27.5 Å². The molecular weight excluding hydrogens is 289 g/mol. The Kier molecular flexibility index (Phi) is 3.56. The van der Waals surface area contributed by atoms with Crippen LogP contribution in [0.5, 0.6) is 0 Å². The third kappa shape index (κ3) is 2.60. The molecule has 0 saturated carbocycles. The average Bonchev–Trinajstić information content (AvgIpc) is 2.76. The predicted octanol–water partition coefficient (Wildman–Crippen LogP) is 4.87. The molecule has 1 aromatic carbocycles. The Hall–Kier alpha value is -0.930. The number of hydrogen-bond acceptors (Lipinski definition) is 2. The van der Waals surface area contributed by atoms with E-state index in [1.165, 1.54) is 0 Å². The molecule has 1 aromatic heterocycles. The highest BCUT2D eigenvalue weighted by atomic mass is 79.9. The zero-order chi connectivity index (χ0) is 11.5. The fourth-order valence-electron chi connectivity index (χ4n) is 1.45. The molecule has 16 heavy (non-hydrogen) atoms. The summed E-state index contributed by atoms with van der Waals surface area (Å²) in [5.74, 6) is 0.895. The van der Waals surface area contributed by atoms with Crippen molar-refractivity contribution in [2.75, 3.05) is 5.32 Å². The Morgan fingerprint density at radius 1 is 1.38 bits per heavy atom. The molecular formula is C12H11BrClNO. The number of anilines is 1. The second-order valence-electron chi connectivity index (χ2n) is 3.51. The van der Waals surface area contributed by atoms with Gasteiger partial charge in [-0.15, -0.1) is 0 Å². The first-order valence-electron chi connectivity index (χ1n) is 4.92. The van der Waals surface area contributed by atoms with Crippen LogP contribution in [0.3, 0.4) is 0 Å². The van der Waals surface area contributed by atoms with Gasteiger partial charge in [-0.05, 0) is 53.2 Å². The number of furan rings is 1. The van der Waals surface area contributed by atoms with Crippen molar-refractivity contribution in [2.24, 2.45) is 0 Å². The molecule has 0 aliphatic heterocycles. The summed E-state index contributed by atoms with van der Waals surface area (Å²) in [6.45, 7) is 2.03. The molecule has 1 heterocycles. The van der Waals surface area contributed by atoms with Gasteiger partial charge in [-0.2, -0.15) is 0 Å². The molecule has 2 nitrogen and oxygen atoms in total. The highest BCUT2D eigenvalue weighted by Crippen LogP contribution is 2.29. The molecule has 0 fully saturated rings. The Balaban J connectivity index is 2.17. The van der Waals surface area contributed by atoms with Gasteiger partial charge in [0.25, 0.3) is 0 Å². The highest BCUT2D eigenvalue weighted by Gasteiger charge is 2.09. The van der Waals surface area contributed by atoms with E-state index in [2.05, 4.69) is 21.2 Å². The van der Waals surface area contributed by atoms with E-state index < -0.39 is 0 Å². The Morgan fingerprint density at radius 2 is 2.19 bits per heavy atom. The van der Waals surface area contributed by atoms with Crippen LogP contribution in [0.4, 0.5) is 5.69 Å². The molecule has 0 radical (unpaired) electrons. The second kappa shape index (κ2) is 4.93. The SMILES string of the molecule is CC(Nc1cc(Cl)ccc1Br)c1ccco1. The van der Waals surface area contributed by atoms with Crippen LogP contribution in [0, 0.1) is 0 Å². The van der Waals surface area contributed by atoms with E-state index in [1.54, 1.807) is 6.26 Å². The van der Waals surface area contributed by atoms with Gasteiger partial charge >= 0.3 is 0 Å². The van der Waals surface area contributed by atoms with Crippen molar-refractivity contribution in [3.05, 3.63) is 51.9 Å². The lowest BCUT2D eigenvalue weighted by molar-refractivity contribution is 0.490. The van der Waals surface area contributed by atoms with Crippen LogP contribution in [0.15, 0.2) is 45.5 Å². The predicted molar refractivity (Wildman–Crippen MR) is 69.9 cm³/mol. The van der Waals surface area contributed by atoms with Gasteiger partial charge in [0.1, 0.15) is 5.76 Å². The number of halogens is 2. The fourth-order valence-corrected chi connectivity index (χ4v) is 1.98. The van der Waals surface area contributed by atoms with Crippen LogP contribution in [0.2, 0.25) is 5.02 Å². The minimum absolute atomic E-state index is 0.102. The van der Waals surface area contributed by atoms with Gasteiger partial charge in [0.2, 0.25) is 0 Å². The van der Waals surface area contributed by atoms with Gasteiger partial charge in [-0.25, -0.2) is 0 Å². The molecule has 1 N–H and O–H groups in total. The monoisotopic (exact) mass is 299 g/mol.